The van der Waals surface area contributed by atoms with Crippen molar-refractivity contribution in [1.82, 2.24) is 0 Å². The van der Waals surface area contributed by atoms with E-state index in [1.54, 1.807) is 0 Å². The lowest BCUT2D eigenvalue weighted by Crippen LogP contribution is -2.34. The quantitative estimate of drug-likeness (QED) is 0.419. The fraction of sp³-hybridized carbons (Fsp3) is 0.889. The predicted octanol–water partition coefficient (Wildman–Crippen LogP) is 1.99. The first-order chi connectivity index (χ1) is 11.6. The second kappa shape index (κ2) is 12.5. The van der Waals surface area contributed by atoms with Crippen molar-refractivity contribution < 1.29 is 24.9 Å². The average Bonchev–Trinajstić information content (AvgIpc) is 2.85. The van der Waals surface area contributed by atoms with Crippen molar-refractivity contribution in [3.63, 3.8) is 0 Å². The van der Waals surface area contributed by atoms with Crippen molar-refractivity contribution in [2.24, 2.45) is 4.99 Å². The van der Waals surface area contributed by atoms with Gasteiger partial charge in [-0.15, -0.1) is 0 Å². The number of nitrogens with zero attached hydrogens (tertiary/aromatic N) is 1. The number of carbonyl (C=O) groups is 1. The van der Waals surface area contributed by atoms with Gasteiger partial charge in [0.05, 0.1) is 0 Å². The minimum Gasteiger partial charge on any atom is -0.396 e. The first-order valence-electron chi connectivity index (χ1n) is 9.18. The maximum absolute atomic E-state index is 11.6. The van der Waals surface area contributed by atoms with Crippen molar-refractivity contribution in [2.45, 2.75) is 89.1 Å². The average molecular weight is 343 g/mol. The number of aliphatic imine (C=N–C) groups is 1. The van der Waals surface area contributed by atoms with Crippen LogP contribution in [0.3, 0.4) is 0 Å². The van der Waals surface area contributed by atoms with Gasteiger partial charge in [0.25, 0.3) is 0 Å². The third-order valence-electron chi connectivity index (χ3n) is 4.49. The zero-order valence-electron chi connectivity index (χ0n) is 14.8. The highest BCUT2D eigenvalue weighted by molar-refractivity contribution is 5.91. The summed E-state index contributed by atoms with van der Waals surface area (Å²) < 4.78 is 5.01. The first-order valence-corrected chi connectivity index (χ1v) is 9.18. The normalized spacial score (nSPS) is 23.5. The third kappa shape index (κ3) is 7.83. The Morgan fingerprint density at radius 1 is 1.00 bits per heavy atom. The Kier molecular flexibility index (Phi) is 11.1. The highest BCUT2D eigenvalue weighted by Crippen LogP contribution is 2.20. The van der Waals surface area contributed by atoms with Crippen LogP contribution < -0.4 is 0 Å². The molecule has 0 aromatic rings. The molecule has 0 spiro atoms. The molecular formula is C18H33NO5. The number of methoxy groups -OCH3 is 1. The van der Waals surface area contributed by atoms with Crippen LogP contribution in [-0.4, -0.2) is 59.0 Å². The summed E-state index contributed by atoms with van der Waals surface area (Å²) in [5.74, 6) is 0.308. The van der Waals surface area contributed by atoms with Gasteiger partial charge in [0, 0.05) is 32.3 Å². The minimum absolute atomic E-state index is 0.168. The molecule has 3 N–H and O–H groups in total. The van der Waals surface area contributed by atoms with Crippen LogP contribution in [0.2, 0.25) is 0 Å². The standard InChI is InChI=1S/C18H33NO5/c1-24-18-17(23)16(22)15(19-18)12-7-5-3-2-4-6-10-14(21)11-8-9-13-20/h16-18,20,22-23H,2-13H2,1H3/t16-,17+,18-/m0/s1. The second-order valence-electron chi connectivity index (χ2n) is 6.52. The second-order valence-corrected chi connectivity index (χ2v) is 6.52. The molecule has 0 amide bonds. The summed E-state index contributed by atoms with van der Waals surface area (Å²) in [6.07, 6.45) is 7.23. The smallest absolute Gasteiger partial charge is 0.176 e. The summed E-state index contributed by atoms with van der Waals surface area (Å²) >= 11 is 0. The minimum atomic E-state index is -0.945. The van der Waals surface area contributed by atoms with Crippen molar-refractivity contribution in [1.29, 1.82) is 0 Å². The topological polar surface area (TPSA) is 99.4 Å². The molecule has 1 heterocycles. The van der Waals surface area contributed by atoms with E-state index in [-0.39, 0.29) is 6.61 Å². The van der Waals surface area contributed by atoms with Crippen LogP contribution in [0.4, 0.5) is 0 Å². The molecular weight excluding hydrogens is 310 g/mol. The highest BCUT2D eigenvalue weighted by atomic mass is 16.5. The Morgan fingerprint density at radius 3 is 2.17 bits per heavy atom. The molecule has 1 aliphatic heterocycles. The van der Waals surface area contributed by atoms with Gasteiger partial charge in [-0.25, -0.2) is 0 Å². The fourth-order valence-corrected chi connectivity index (χ4v) is 2.97. The summed E-state index contributed by atoms with van der Waals surface area (Å²) in [4.78, 5) is 15.8. The summed E-state index contributed by atoms with van der Waals surface area (Å²) in [5.41, 5.74) is 0.642. The number of aliphatic hydroxyl groups is 3. The highest BCUT2D eigenvalue weighted by Gasteiger charge is 2.35. The molecule has 0 saturated carbocycles. The summed E-state index contributed by atoms with van der Waals surface area (Å²) in [5, 5.41) is 28.2. The molecule has 140 valence electrons. The maximum Gasteiger partial charge on any atom is 0.176 e. The number of rotatable bonds is 14. The number of ketones is 1. The molecule has 0 aromatic heterocycles. The van der Waals surface area contributed by atoms with Gasteiger partial charge in [-0.1, -0.05) is 25.7 Å². The van der Waals surface area contributed by atoms with Crippen LogP contribution in [0, 0.1) is 0 Å². The Balaban J connectivity index is 1.97. The van der Waals surface area contributed by atoms with Gasteiger partial charge in [-0.2, -0.15) is 0 Å². The number of aliphatic hydroxyl groups excluding tert-OH is 3. The molecule has 1 aliphatic rings. The molecule has 3 atom stereocenters. The summed E-state index contributed by atoms with van der Waals surface area (Å²) in [6.45, 7) is 0.168. The van der Waals surface area contributed by atoms with E-state index in [2.05, 4.69) is 4.99 Å². The molecule has 0 bridgehead atoms. The van der Waals surface area contributed by atoms with Crippen LogP contribution in [0.25, 0.3) is 0 Å². The van der Waals surface area contributed by atoms with Crippen molar-refractivity contribution in [3.05, 3.63) is 0 Å². The van der Waals surface area contributed by atoms with E-state index in [1.807, 2.05) is 0 Å². The van der Waals surface area contributed by atoms with Crippen LogP contribution in [0.15, 0.2) is 4.99 Å². The van der Waals surface area contributed by atoms with E-state index in [9.17, 15) is 15.0 Å². The van der Waals surface area contributed by atoms with Gasteiger partial charge in [0.15, 0.2) is 6.23 Å². The maximum atomic E-state index is 11.6. The zero-order valence-corrected chi connectivity index (χ0v) is 14.8. The van der Waals surface area contributed by atoms with Gasteiger partial charge in [0.1, 0.15) is 18.0 Å². The van der Waals surface area contributed by atoms with E-state index < -0.39 is 18.4 Å². The van der Waals surface area contributed by atoms with Crippen molar-refractivity contribution in [3.8, 4) is 0 Å². The van der Waals surface area contributed by atoms with Crippen LogP contribution in [0.5, 0.6) is 0 Å². The molecule has 6 nitrogen and oxygen atoms in total. The number of unbranched alkanes of at least 4 members (excludes halogenated alkanes) is 6. The van der Waals surface area contributed by atoms with E-state index in [0.29, 0.717) is 37.2 Å². The Morgan fingerprint density at radius 2 is 1.58 bits per heavy atom. The van der Waals surface area contributed by atoms with E-state index >= 15 is 0 Å². The van der Waals surface area contributed by atoms with E-state index in [1.165, 1.54) is 7.11 Å². The number of carbonyl (C=O) groups excluding carboxylic acids is 1. The van der Waals surface area contributed by atoms with Gasteiger partial charge < -0.3 is 20.1 Å². The van der Waals surface area contributed by atoms with Gasteiger partial charge >= 0.3 is 0 Å². The largest absolute Gasteiger partial charge is 0.396 e. The number of ether oxygens (including phenoxy) is 1. The molecule has 0 aliphatic carbocycles. The lowest BCUT2D eigenvalue weighted by atomic mass is 10.0. The lowest BCUT2D eigenvalue weighted by Gasteiger charge is -2.13. The SMILES string of the molecule is CO[C@@H]1N=C(CCCCCCCCC(=O)CCCCO)[C@H](O)[C@H]1O. The van der Waals surface area contributed by atoms with Crippen molar-refractivity contribution >= 4 is 11.5 Å². The fourth-order valence-electron chi connectivity index (χ4n) is 2.97. The molecule has 0 unspecified atom stereocenters. The van der Waals surface area contributed by atoms with Crippen LogP contribution in [0.1, 0.15) is 70.6 Å². The Hall–Kier alpha value is -0.820. The van der Waals surface area contributed by atoms with Crippen molar-refractivity contribution in [2.75, 3.05) is 13.7 Å². The van der Waals surface area contributed by atoms with Gasteiger partial charge in [-0.05, 0) is 32.1 Å². The lowest BCUT2D eigenvalue weighted by molar-refractivity contribution is -0.119. The number of hydrogen-bond acceptors (Lipinski definition) is 6. The molecule has 0 saturated heterocycles. The predicted molar refractivity (Wildman–Crippen MR) is 93.1 cm³/mol. The molecule has 1 rings (SSSR count). The molecule has 0 aromatic carbocycles. The summed E-state index contributed by atoms with van der Waals surface area (Å²) in [7, 11) is 1.48. The molecule has 6 heteroatoms. The van der Waals surface area contributed by atoms with E-state index in [0.717, 1.165) is 44.9 Å². The van der Waals surface area contributed by atoms with Crippen LogP contribution >= 0.6 is 0 Å². The van der Waals surface area contributed by atoms with Gasteiger partial charge in [0.2, 0.25) is 0 Å². The molecule has 0 fully saturated rings. The molecule has 0 radical (unpaired) electrons. The zero-order chi connectivity index (χ0) is 17.8. The Labute approximate surface area is 144 Å². The number of Topliss-reactive ketones (excluding diaryl/α,β-unsaturated/α-hetero) is 1. The van der Waals surface area contributed by atoms with E-state index in [4.69, 9.17) is 9.84 Å². The van der Waals surface area contributed by atoms with Crippen LogP contribution in [-0.2, 0) is 9.53 Å². The molecule has 24 heavy (non-hydrogen) atoms. The summed E-state index contributed by atoms with van der Waals surface area (Å²) in [6, 6.07) is 0. The Bertz CT molecular complexity index is 386. The monoisotopic (exact) mass is 343 g/mol. The van der Waals surface area contributed by atoms with Gasteiger partial charge in [-0.3, -0.25) is 9.79 Å². The number of hydrogen-bond donors (Lipinski definition) is 3. The first kappa shape index (κ1) is 21.2. The third-order valence-corrected chi connectivity index (χ3v) is 4.49.